The molecule has 1 saturated heterocycles. The number of aliphatic carboxylic acids is 1. The van der Waals surface area contributed by atoms with Crippen molar-refractivity contribution < 1.29 is 20.1 Å². The van der Waals surface area contributed by atoms with Crippen molar-refractivity contribution in [3.05, 3.63) is 42.1 Å². The summed E-state index contributed by atoms with van der Waals surface area (Å²) in [5.41, 5.74) is 4.47. The number of aliphatic hydroxyl groups is 2. The van der Waals surface area contributed by atoms with Crippen LogP contribution in [0.15, 0.2) is 24.5 Å². The van der Waals surface area contributed by atoms with Gasteiger partial charge in [0.25, 0.3) is 0 Å². The molecule has 132 valence electrons. The number of rotatable bonds is 5. The minimum atomic E-state index is -1.78. The van der Waals surface area contributed by atoms with E-state index >= 15 is 0 Å². The van der Waals surface area contributed by atoms with Gasteiger partial charge in [0.1, 0.15) is 6.10 Å². The maximum absolute atomic E-state index is 10.7. The Morgan fingerprint density at radius 2 is 1.72 bits per heavy atom. The second kappa shape index (κ2) is 6.33. The fourth-order valence-electron chi connectivity index (χ4n) is 4.07. The van der Waals surface area contributed by atoms with Crippen LogP contribution in [0.3, 0.4) is 0 Å². The smallest absolute Gasteiger partial charge is 0.332 e. The van der Waals surface area contributed by atoms with Crippen LogP contribution in [0.5, 0.6) is 0 Å². The molecule has 2 aliphatic rings. The Bertz CT molecular complexity index is 762. The zero-order valence-corrected chi connectivity index (χ0v) is 13.6. The van der Waals surface area contributed by atoms with Crippen molar-refractivity contribution in [3.63, 3.8) is 0 Å². The van der Waals surface area contributed by atoms with E-state index in [9.17, 15) is 15.0 Å². The number of piperidine rings is 1. The largest absolute Gasteiger partial charge is 0.479 e. The van der Waals surface area contributed by atoms with Crippen LogP contribution < -0.4 is 0 Å². The normalized spacial score (nSPS) is 24.9. The van der Waals surface area contributed by atoms with Gasteiger partial charge in [0.2, 0.25) is 0 Å². The topological polar surface area (TPSA) is 107 Å². The number of fused-ring (bicyclic) bond motifs is 6. The molecular formula is C18H20N3O4-. The highest BCUT2D eigenvalue weighted by Gasteiger charge is 2.37. The lowest BCUT2D eigenvalue weighted by Gasteiger charge is -2.37. The van der Waals surface area contributed by atoms with Crippen molar-refractivity contribution in [2.75, 3.05) is 19.6 Å². The molecule has 1 aromatic carbocycles. The standard InChI is InChI=1S/C18H20N3O4/c22-16(17(23)18(24)25)1-4-21-8-10-5-11(9-21)13-7-15-14(6-12(10)13)19-2-3-20-15/h1-3,6-7,10-11,16-17,22-23H,4-5,8-9H2,(H,24,25)/q-1. The molecule has 3 N–H and O–H groups in total. The number of likely N-dealkylation sites (tertiary alicyclic amines) is 1. The number of aliphatic hydroxyl groups excluding tert-OH is 2. The maximum Gasteiger partial charge on any atom is 0.332 e. The molecule has 7 heteroatoms. The van der Waals surface area contributed by atoms with E-state index < -0.39 is 18.2 Å². The van der Waals surface area contributed by atoms with E-state index in [1.165, 1.54) is 17.5 Å². The van der Waals surface area contributed by atoms with E-state index in [-0.39, 0.29) is 0 Å². The van der Waals surface area contributed by atoms with E-state index in [1.807, 2.05) is 0 Å². The Balaban J connectivity index is 1.47. The summed E-state index contributed by atoms with van der Waals surface area (Å²) in [6.07, 6.45) is 2.82. The molecule has 4 unspecified atom stereocenters. The van der Waals surface area contributed by atoms with Crippen LogP contribution in [-0.4, -0.2) is 68.0 Å². The van der Waals surface area contributed by atoms with Gasteiger partial charge in [0.05, 0.1) is 11.0 Å². The Morgan fingerprint density at radius 1 is 1.16 bits per heavy atom. The second-order valence-corrected chi connectivity index (χ2v) is 6.88. The van der Waals surface area contributed by atoms with E-state index in [2.05, 4.69) is 27.0 Å². The zero-order valence-electron chi connectivity index (χ0n) is 13.6. The number of aromatic nitrogens is 2. The van der Waals surface area contributed by atoms with Crippen LogP contribution in [0.1, 0.15) is 29.4 Å². The van der Waals surface area contributed by atoms with Gasteiger partial charge in [-0.05, 0) is 47.6 Å². The molecule has 0 spiro atoms. The molecule has 0 amide bonds. The highest BCUT2D eigenvalue weighted by molar-refractivity contribution is 5.77. The maximum atomic E-state index is 10.7. The monoisotopic (exact) mass is 342 g/mol. The lowest BCUT2D eigenvalue weighted by molar-refractivity contribution is -0.151. The zero-order chi connectivity index (χ0) is 17.6. The third-order valence-corrected chi connectivity index (χ3v) is 5.26. The number of hydrogen-bond acceptors (Lipinski definition) is 6. The SMILES string of the molecule is O=C(O)C(O)C(O)[CH-]CN1CC2CC(C1)c1cc3nccnc3cc12. The Labute approximate surface area is 144 Å². The molecule has 2 aromatic rings. The predicted octanol–water partition coefficient (Wildman–Crippen LogP) is 0.527. The van der Waals surface area contributed by atoms with Gasteiger partial charge in [-0.15, -0.1) is 6.54 Å². The summed E-state index contributed by atoms with van der Waals surface area (Å²) in [5, 5.41) is 27.9. The van der Waals surface area contributed by atoms with E-state index in [0.29, 0.717) is 18.4 Å². The molecule has 1 aliphatic heterocycles. The van der Waals surface area contributed by atoms with Gasteiger partial charge >= 0.3 is 5.97 Å². The van der Waals surface area contributed by atoms with E-state index in [1.54, 1.807) is 12.4 Å². The molecule has 2 bridgehead atoms. The number of hydrogen-bond donors (Lipinski definition) is 3. The number of carbonyl (C=O) groups is 1. The molecule has 1 aromatic heterocycles. The summed E-state index contributed by atoms with van der Waals surface area (Å²) in [6.45, 7) is 2.14. The molecule has 2 heterocycles. The summed E-state index contributed by atoms with van der Waals surface area (Å²) in [5.74, 6) is -0.591. The minimum Gasteiger partial charge on any atom is -0.479 e. The van der Waals surface area contributed by atoms with Gasteiger partial charge in [-0.3, -0.25) is 16.4 Å². The molecule has 7 nitrogen and oxygen atoms in total. The van der Waals surface area contributed by atoms with Crippen LogP contribution >= 0.6 is 0 Å². The van der Waals surface area contributed by atoms with Gasteiger partial charge < -0.3 is 20.2 Å². The van der Waals surface area contributed by atoms with Gasteiger partial charge in [0.15, 0.2) is 0 Å². The highest BCUT2D eigenvalue weighted by atomic mass is 16.4. The average Bonchev–Trinajstić information content (AvgIpc) is 2.87. The van der Waals surface area contributed by atoms with Crippen LogP contribution in [-0.2, 0) is 4.79 Å². The molecule has 25 heavy (non-hydrogen) atoms. The van der Waals surface area contributed by atoms with Crippen LogP contribution in [0, 0.1) is 6.42 Å². The average molecular weight is 342 g/mol. The summed E-state index contributed by atoms with van der Waals surface area (Å²) in [7, 11) is 0. The molecule has 1 fully saturated rings. The van der Waals surface area contributed by atoms with Gasteiger partial charge in [-0.25, -0.2) is 4.79 Å². The minimum absolute atomic E-state index is 0.412. The van der Waals surface area contributed by atoms with Crippen molar-refractivity contribution in [3.8, 4) is 0 Å². The van der Waals surface area contributed by atoms with Crippen LogP contribution in [0.4, 0.5) is 0 Å². The first-order valence-corrected chi connectivity index (χ1v) is 8.42. The lowest BCUT2D eigenvalue weighted by Crippen LogP contribution is -2.40. The number of carboxylic acids is 1. The first-order chi connectivity index (χ1) is 12.0. The fraction of sp³-hybridized carbons (Fsp3) is 0.444. The Hall–Kier alpha value is -2.09. The van der Waals surface area contributed by atoms with Crippen molar-refractivity contribution in [1.29, 1.82) is 0 Å². The van der Waals surface area contributed by atoms with Crippen molar-refractivity contribution in [2.45, 2.75) is 30.5 Å². The third-order valence-electron chi connectivity index (χ3n) is 5.26. The van der Waals surface area contributed by atoms with Crippen molar-refractivity contribution in [1.82, 2.24) is 14.9 Å². The van der Waals surface area contributed by atoms with Crippen molar-refractivity contribution in [2.24, 2.45) is 0 Å². The number of nitrogens with zero attached hydrogens (tertiary/aromatic N) is 3. The van der Waals surface area contributed by atoms with E-state index in [4.69, 9.17) is 5.11 Å². The van der Waals surface area contributed by atoms with E-state index in [0.717, 1.165) is 30.5 Å². The third kappa shape index (κ3) is 2.99. The lowest BCUT2D eigenvalue weighted by atomic mass is 9.95. The van der Waals surface area contributed by atoms with Crippen LogP contribution in [0.25, 0.3) is 11.0 Å². The molecule has 1 aliphatic carbocycles. The highest BCUT2D eigenvalue weighted by Crippen LogP contribution is 2.46. The number of carboxylic acid groups (broad SMARTS) is 1. The summed E-state index contributed by atoms with van der Waals surface area (Å²) in [6, 6.07) is 4.27. The molecular weight excluding hydrogens is 322 g/mol. The van der Waals surface area contributed by atoms with Crippen LogP contribution in [0.2, 0.25) is 0 Å². The first kappa shape index (κ1) is 16.4. The quantitative estimate of drug-likeness (QED) is 0.680. The summed E-state index contributed by atoms with van der Waals surface area (Å²) >= 11 is 0. The molecule has 4 atom stereocenters. The van der Waals surface area contributed by atoms with Gasteiger partial charge in [-0.2, -0.15) is 0 Å². The number of benzene rings is 1. The predicted molar refractivity (Wildman–Crippen MR) is 90.0 cm³/mol. The Morgan fingerprint density at radius 3 is 2.24 bits per heavy atom. The fourth-order valence-corrected chi connectivity index (χ4v) is 4.07. The molecule has 0 radical (unpaired) electrons. The summed E-state index contributed by atoms with van der Waals surface area (Å²) < 4.78 is 0. The van der Waals surface area contributed by atoms with Gasteiger partial charge in [0, 0.05) is 25.5 Å². The molecule has 0 saturated carbocycles. The second-order valence-electron chi connectivity index (χ2n) is 6.88. The van der Waals surface area contributed by atoms with Crippen molar-refractivity contribution >= 4 is 17.0 Å². The Kier molecular flexibility index (Phi) is 4.15. The van der Waals surface area contributed by atoms with Gasteiger partial charge in [-0.1, -0.05) is 0 Å². The summed E-state index contributed by atoms with van der Waals surface area (Å²) in [4.78, 5) is 21.7. The first-order valence-electron chi connectivity index (χ1n) is 8.42. The molecule has 4 rings (SSSR count).